The van der Waals surface area contributed by atoms with Crippen LogP contribution in [-0.4, -0.2) is 26.7 Å². The molecule has 0 spiro atoms. The van der Waals surface area contributed by atoms with Crippen molar-refractivity contribution < 1.29 is 18.4 Å². The summed E-state index contributed by atoms with van der Waals surface area (Å²) in [6.07, 6.45) is 1.57. The third-order valence-corrected chi connectivity index (χ3v) is 2.98. The molecule has 1 aliphatic heterocycles. The van der Waals surface area contributed by atoms with Crippen molar-refractivity contribution in [2.75, 3.05) is 4.90 Å². The van der Waals surface area contributed by atoms with Gasteiger partial charge in [0.2, 0.25) is 0 Å². The zero-order valence-electron chi connectivity index (χ0n) is 10.3. The van der Waals surface area contributed by atoms with E-state index in [9.17, 15) is 18.4 Å². The molecular formula is C12H8F2N4O2. The summed E-state index contributed by atoms with van der Waals surface area (Å²) in [5.41, 5.74) is 0.341. The first-order valence-corrected chi connectivity index (χ1v) is 5.68. The molecule has 0 N–H and O–H groups in total. The molecule has 8 heteroatoms. The number of aryl methyl sites for hydroxylation is 1. The van der Waals surface area contributed by atoms with Gasteiger partial charge in [0.15, 0.2) is 11.6 Å². The molecule has 0 saturated heterocycles. The Hall–Kier alpha value is -2.64. The van der Waals surface area contributed by atoms with Crippen LogP contribution in [0.4, 0.5) is 14.5 Å². The van der Waals surface area contributed by atoms with Crippen molar-refractivity contribution in [1.29, 1.82) is 0 Å². The summed E-state index contributed by atoms with van der Waals surface area (Å²) in [6, 6.07) is 1.57. The third-order valence-electron chi connectivity index (χ3n) is 2.98. The molecule has 6 nitrogen and oxygen atoms in total. The average Bonchev–Trinajstić information content (AvgIpc) is 2.90. The number of benzene rings is 1. The van der Waals surface area contributed by atoms with Gasteiger partial charge in [0.05, 0.1) is 17.8 Å². The average molecular weight is 278 g/mol. The standard InChI is InChI=1S/C12H8F2N4O2/c1-17-4-6(15-16-17)5-18-10-3-9(14)8(13)2-7(10)11(19)12(18)20/h2-4H,5H2,1H3. The van der Waals surface area contributed by atoms with E-state index in [0.717, 1.165) is 17.0 Å². The van der Waals surface area contributed by atoms with Crippen molar-refractivity contribution in [3.05, 3.63) is 41.2 Å². The Morgan fingerprint density at radius 1 is 1.20 bits per heavy atom. The van der Waals surface area contributed by atoms with Crippen molar-refractivity contribution in [3.8, 4) is 0 Å². The topological polar surface area (TPSA) is 68.1 Å². The molecule has 1 aliphatic rings. The van der Waals surface area contributed by atoms with Crippen LogP contribution >= 0.6 is 0 Å². The zero-order valence-corrected chi connectivity index (χ0v) is 10.3. The normalized spacial score (nSPS) is 14.1. The van der Waals surface area contributed by atoms with Crippen LogP contribution < -0.4 is 4.90 Å². The molecule has 2 aromatic rings. The van der Waals surface area contributed by atoms with Crippen LogP contribution in [0.1, 0.15) is 16.1 Å². The molecule has 0 aliphatic carbocycles. The minimum atomic E-state index is -1.16. The first-order valence-electron chi connectivity index (χ1n) is 5.68. The quantitative estimate of drug-likeness (QED) is 0.763. The molecule has 0 unspecified atom stereocenters. The summed E-state index contributed by atoms with van der Waals surface area (Å²) in [4.78, 5) is 24.7. The molecular weight excluding hydrogens is 270 g/mol. The molecule has 2 heterocycles. The summed E-state index contributed by atoms with van der Waals surface area (Å²) in [5.74, 6) is -3.97. The Balaban J connectivity index is 2.03. The monoisotopic (exact) mass is 278 g/mol. The number of carbonyl (C=O) groups is 2. The number of fused-ring (bicyclic) bond motifs is 1. The van der Waals surface area contributed by atoms with Crippen molar-refractivity contribution in [2.45, 2.75) is 6.54 Å². The lowest BCUT2D eigenvalue weighted by Crippen LogP contribution is -2.29. The number of anilines is 1. The highest BCUT2D eigenvalue weighted by Gasteiger charge is 2.37. The van der Waals surface area contributed by atoms with Crippen LogP contribution in [0.15, 0.2) is 18.3 Å². The highest BCUT2D eigenvalue weighted by atomic mass is 19.2. The Labute approximate surface area is 111 Å². The second-order valence-corrected chi connectivity index (χ2v) is 4.39. The van der Waals surface area contributed by atoms with Crippen LogP contribution in [0.5, 0.6) is 0 Å². The predicted molar refractivity (Wildman–Crippen MR) is 62.9 cm³/mol. The summed E-state index contributed by atoms with van der Waals surface area (Å²) in [6.45, 7) is -0.0313. The molecule has 0 fully saturated rings. The van der Waals surface area contributed by atoms with E-state index in [-0.39, 0.29) is 17.8 Å². The van der Waals surface area contributed by atoms with E-state index < -0.39 is 23.3 Å². The van der Waals surface area contributed by atoms with Crippen molar-refractivity contribution >= 4 is 17.4 Å². The molecule has 0 saturated carbocycles. The van der Waals surface area contributed by atoms with Gasteiger partial charge < -0.3 is 0 Å². The number of hydrogen-bond acceptors (Lipinski definition) is 4. The molecule has 1 aromatic heterocycles. The fourth-order valence-electron chi connectivity index (χ4n) is 2.08. The van der Waals surface area contributed by atoms with E-state index >= 15 is 0 Å². The molecule has 0 bridgehead atoms. The Bertz CT molecular complexity index is 741. The predicted octanol–water partition coefficient (Wildman–Crippen LogP) is 0.823. The second-order valence-electron chi connectivity index (χ2n) is 4.39. The molecule has 1 amide bonds. The van der Waals surface area contributed by atoms with E-state index in [2.05, 4.69) is 10.3 Å². The number of carbonyl (C=O) groups excluding carboxylic acids is 2. The van der Waals surface area contributed by atoms with Crippen LogP contribution in [0.3, 0.4) is 0 Å². The minimum Gasteiger partial charge on any atom is -0.299 e. The largest absolute Gasteiger partial charge is 0.299 e. The van der Waals surface area contributed by atoms with Crippen molar-refractivity contribution in [3.63, 3.8) is 0 Å². The molecule has 1 aromatic carbocycles. The van der Waals surface area contributed by atoms with Gasteiger partial charge in [-0.1, -0.05) is 5.21 Å². The van der Waals surface area contributed by atoms with Gasteiger partial charge in [0, 0.05) is 19.3 Å². The first kappa shape index (κ1) is 12.4. The summed E-state index contributed by atoms with van der Waals surface area (Å²) >= 11 is 0. The summed E-state index contributed by atoms with van der Waals surface area (Å²) < 4.78 is 27.9. The lowest BCUT2D eigenvalue weighted by atomic mass is 10.1. The maximum atomic E-state index is 13.3. The van der Waals surface area contributed by atoms with Gasteiger partial charge in [-0.3, -0.25) is 19.2 Å². The lowest BCUT2D eigenvalue weighted by molar-refractivity contribution is -0.114. The fourth-order valence-corrected chi connectivity index (χ4v) is 2.08. The van der Waals surface area contributed by atoms with Crippen molar-refractivity contribution in [1.82, 2.24) is 15.0 Å². The van der Waals surface area contributed by atoms with Crippen LogP contribution in [0.2, 0.25) is 0 Å². The number of rotatable bonds is 2. The van der Waals surface area contributed by atoms with Crippen molar-refractivity contribution in [2.24, 2.45) is 7.05 Å². The van der Waals surface area contributed by atoms with Crippen LogP contribution in [0, 0.1) is 11.6 Å². The SMILES string of the molecule is Cn1cc(CN2C(=O)C(=O)c3cc(F)c(F)cc32)nn1. The van der Waals surface area contributed by atoms with E-state index in [1.54, 1.807) is 13.2 Å². The molecule has 20 heavy (non-hydrogen) atoms. The third kappa shape index (κ3) is 1.77. The van der Waals surface area contributed by atoms with Gasteiger partial charge in [-0.05, 0) is 6.07 Å². The number of halogens is 2. The fraction of sp³-hybridized carbons (Fsp3) is 0.167. The minimum absolute atomic E-state index is 0.0313. The maximum Gasteiger partial charge on any atom is 0.299 e. The van der Waals surface area contributed by atoms with E-state index in [4.69, 9.17) is 0 Å². The Kier molecular flexibility index (Phi) is 2.60. The van der Waals surface area contributed by atoms with E-state index in [0.29, 0.717) is 5.69 Å². The lowest BCUT2D eigenvalue weighted by Gasteiger charge is -2.14. The number of ketones is 1. The van der Waals surface area contributed by atoms with Gasteiger partial charge >= 0.3 is 0 Å². The number of amides is 1. The van der Waals surface area contributed by atoms with E-state index in [1.165, 1.54) is 4.68 Å². The molecule has 0 radical (unpaired) electrons. The molecule has 0 atom stereocenters. The van der Waals surface area contributed by atoms with Gasteiger partial charge in [-0.15, -0.1) is 5.10 Å². The van der Waals surface area contributed by atoms with Crippen LogP contribution in [0.25, 0.3) is 0 Å². The van der Waals surface area contributed by atoms with Gasteiger partial charge in [-0.25, -0.2) is 8.78 Å². The number of hydrogen-bond donors (Lipinski definition) is 0. The Morgan fingerprint density at radius 2 is 1.90 bits per heavy atom. The number of aromatic nitrogens is 3. The highest BCUT2D eigenvalue weighted by Crippen LogP contribution is 2.31. The molecule has 102 valence electrons. The van der Waals surface area contributed by atoms with Gasteiger partial charge in [0.25, 0.3) is 11.7 Å². The smallest absolute Gasteiger partial charge is 0.299 e. The highest BCUT2D eigenvalue weighted by molar-refractivity contribution is 6.52. The Morgan fingerprint density at radius 3 is 2.55 bits per heavy atom. The van der Waals surface area contributed by atoms with Crippen LogP contribution in [-0.2, 0) is 18.4 Å². The molecule has 3 rings (SSSR count). The summed E-state index contributed by atoms with van der Waals surface area (Å²) in [7, 11) is 1.65. The van der Waals surface area contributed by atoms with Gasteiger partial charge in [-0.2, -0.15) is 0 Å². The van der Waals surface area contributed by atoms with E-state index in [1.807, 2.05) is 0 Å². The zero-order chi connectivity index (χ0) is 14.4. The number of nitrogens with zero attached hydrogens (tertiary/aromatic N) is 4. The number of Topliss-reactive ketones (excluding diaryl/α,β-unsaturated/α-hetero) is 1. The van der Waals surface area contributed by atoms with Gasteiger partial charge in [0.1, 0.15) is 5.69 Å². The first-order chi connectivity index (χ1) is 9.47. The summed E-state index contributed by atoms with van der Waals surface area (Å²) in [5, 5.41) is 7.49. The second kappa shape index (κ2) is 4.19. The maximum absolute atomic E-state index is 13.3.